The molecule has 1 rings (SSSR count). The Morgan fingerprint density at radius 1 is 1.90 bits per heavy atom. The summed E-state index contributed by atoms with van der Waals surface area (Å²) in [7, 11) is 0. The van der Waals surface area contributed by atoms with Crippen LogP contribution in [0.3, 0.4) is 0 Å². The molecule has 1 aliphatic heterocycles. The molecule has 5 heteroatoms. The number of hydrogen-bond donors (Lipinski definition) is 1. The van der Waals surface area contributed by atoms with E-state index < -0.39 is 5.97 Å². The summed E-state index contributed by atoms with van der Waals surface area (Å²) >= 11 is 3.36. The summed E-state index contributed by atoms with van der Waals surface area (Å²) in [6.07, 6.45) is 0. The highest BCUT2D eigenvalue weighted by molar-refractivity contribution is 14.1. The minimum Gasteiger partial charge on any atom is -0.480 e. The summed E-state index contributed by atoms with van der Waals surface area (Å²) in [5.41, 5.74) is 0. The van der Waals surface area contributed by atoms with Crippen LogP contribution in [-0.2, 0) is 4.79 Å². The first-order valence-corrected chi connectivity index (χ1v) is 4.70. The fraction of sp³-hybridized carbons (Fsp3) is 0.600. The molecule has 10 heavy (non-hydrogen) atoms. The number of carboxylic acids is 1. The third-order valence-corrected chi connectivity index (χ3v) is 3.40. The van der Waals surface area contributed by atoms with Crippen molar-refractivity contribution in [2.24, 2.45) is 4.99 Å². The van der Waals surface area contributed by atoms with Crippen molar-refractivity contribution in [1.82, 2.24) is 0 Å². The summed E-state index contributed by atoms with van der Waals surface area (Å²) in [5, 5.41) is 8.24. The summed E-state index contributed by atoms with van der Waals surface area (Å²) in [4.78, 5) is 14.5. The van der Waals surface area contributed by atoms with Gasteiger partial charge in [-0.05, 0) is 29.5 Å². The molecule has 0 aliphatic carbocycles. The molecule has 0 saturated carbocycles. The summed E-state index contributed by atoms with van der Waals surface area (Å²) in [6, 6.07) is -0.0746. The highest BCUT2D eigenvalue weighted by Gasteiger charge is 2.31. The molecule has 56 valence electrons. The first-order chi connectivity index (χ1) is 4.61. The minimum absolute atomic E-state index is 0.0746. The van der Waals surface area contributed by atoms with Crippen LogP contribution in [0.1, 0.15) is 6.92 Å². The summed E-state index contributed by atoms with van der Waals surface area (Å²) in [6.45, 7) is 1.82. The second-order valence-corrected chi connectivity index (χ2v) is 4.88. The molecule has 2 unspecified atom stereocenters. The van der Waals surface area contributed by atoms with E-state index in [2.05, 4.69) is 4.99 Å². The maximum absolute atomic E-state index is 10.5. The van der Waals surface area contributed by atoms with Crippen LogP contribution in [0.15, 0.2) is 4.99 Å². The highest BCUT2D eigenvalue weighted by Crippen LogP contribution is 2.29. The van der Waals surface area contributed by atoms with E-state index in [1.807, 2.05) is 29.5 Å². The molecule has 0 bridgehead atoms. The Bertz CT molecular complexity index is 194. The third kappa shape index (κ3) is 1.63. The largest absolute Gasteiger partial charge is 0.480 e. The zero-order chi connectivity index (χ0) is 7.72. The monoisotopic (exact) mass is 271 g/mol. The van der Waals surface area contributed by atoms with Crippen LogP contribution < -0.4 is 0 Å². The van der Waals surface area contributed by atoms with Gasteiger partial charge < -0.3 is 5.11 Å². The Morgan fingerprint density at radius 2 is 2.50 bits per heavy atom. The maximum Gasteiger partial charge on any atom is 0.319 e. The zero-order valence-corrected chi connectivity index (χ0v) is 8.22. The van der Waals surface area contributed by atoms with Crippen molar-refractivity contribution in [2.45, 2.75) is 18.2 Å². The van der Waals surface area contributed by atoms with E-state index >= 15 is 0 Å². The number of carboxylic acid groups (broad SMARTS) is 1. The predicted octanol–water partition coefficient (Wildman–Crippen LogP) is 1.37. The van der Waals surface area contributed by atoms with Crippen LogP contribution >= 0.6 is 34.4 Å². The number of carbonyl (C=O) groups is 1. The lowest BCUT2D eigenvalue weighted by atomic mass is 10.2. The Morgan fingerprint density at radius 3 is 2.70 bits per heavy atom. The molecule has 0 spiro atoms. The van der Waals surface area contributed by atoms with Crippen molar-refractivity contribution in [3.8, 4) is 0 Å². The lowest BCUT2D eigenvalue weighted by molar-refractivity contribution is -0.136. The van der Waals surface area contributed by atoms with Crippen molar-refractivity contribution in [3.63, 3.8) is 0 Å². The quantitative estimate of drug-likeness (QED) is 0.733. The molecule has 1 heterocycles. The van der Waals surface area contributed by atoms with Crippen LogP contribution in [0.4, 0.5) is 0 Å². The Kier molecular flexibility index (Phi) is 2.56. The van der Waals surface area contributed by atoms with Crippen molar-refractivity contribution in [3.05, 3.63) is 0 Å². The van der Waals surface area contributed by atoms with Gasteiger partial charge in [0.2, 0.25) is 0 Å². The van der Waals surface area contributed by atoms with E-state index in [1.165, 1.54) is 11.8 Å². The molecule has 0 amide bonds. The molecule has 0 fully saturated rings. The summed E-state index contributed by atoms with van der Waals surface area (Å²) in [5.74, 6) is -0.770. The predicted molar refractivity (Wildman–Crippen MR) is 49.9 cm³/mol. The fourth-order valence-corrected chi connectivity index (χ4v) is 2.77. The normalized spacial score (nSPS) is 32.0. The van der Waals surface area contributed by atoms with E-state index in [0.29, 0.717) is 0 Å². The number of halogens is 1. The smallest absolute Gasteiger partial charge is 0.319 e. The van der Waals surface area contributed by atoms with Crippen molar-refractivity contribution in [2.75, 3.05) is 0 Å². The van der Waals surface area contributed by atoms with Gasteiger partial charge in [0.25, 0.3) is 0 Å². The molecule has 0 aromatic heterocycles. The van der Waals surface area contributed by atoms with Crippen molar-refractivity contribution >= 4 is 43.4 Å². The van der Waals surface area contributed by atoms with Gasteiger partial charge in [0.1, 0.15) is 8.30 Å². The molecule has 1 N–H and O–H groups in total. The number of rotatable bonds is 1. The molecule has 2 atom stereocenters. The lowest BCUT2D eigenvalue weighted by Crippen LogP contribution is -2.23. The fourth-order valence-electron chi connectivity index (χ4n) is 0.718. The number of aliphatic imine (C=N–C) groups is 1. The van der Waals surface area contributed by atoms with Gasteiger partial charge in [-0.15, -0.1) is 0 Å². The third-order valence-electron chi connectivity index (χ3n) is 1.21. The van der Waals surface area contributed by atoms with Gasteiger partial charge in [0.15, 0.2) is 0 Å². The SMILES string of the molecule is CC1N=C(I)SC1C(=O)O. The van der Waals surface area contributed by atoms with Crippen LogP contribution in [0, 0.1) is 0 Å². The van der Waals surface area contributed by atoms with E-state index in [-0.39, 0.29) is 11.3 Å². The van der Waals surface area contributed by atoms with Crippen molar-refractivity contribution in [1.29, 1.82) is 0 Å². The van der Waals surface area contributed by atoms with Crippen LogP contribution in [0.25, 0.3) is 0 Å². The number of aliphatic carboxylic acids is 1. The highest BCUT2D eigenvalue weighted by atomic mass is 127. The standard InChI is InChI=1S/C5H6INO2S/c1-2-3(4(8)9)10-5(6)7-2/h2-3H,1H3,(H,8,9). The first-order valence-electron chi connectivity index (χ1n) is 2.74. The van der Waals surface area contributed by atoms with Crippen LogP contribution in [-0.4, -0.2) is 25.4 Å². The number of hydrogen-bond acceptors (Lipinski definition) is 3. The molecule has 3 nitrogen and oxygen atoms in total. The average molecular weight is 271 g/mol. The van der Waals surface area contributed by atoms with Gasteiger partial charge in [0.05, 0.1) is 6.04 Å². The van der Waals surface area contributed by atoms with Crippen molar-refractivity contribution < 1.29 is 9.90 Å². The molecule has 0 saturated heterocycles. The van der Waals surface area contributed by atoms with E-state index in [9.17, 15) is 4.79 Å². The first kappa shape index (κ1) is 8.32. The molecule has 0 aromatic carbocycles. The molecular weight excluding hydrogens is 265 g/mol. The van der Waals surface area contributed by atoms with Gasteiger partial charge >= 0.3 is 5.97 Å². The Hall–Kier alpha value is 0.220. The topological polar surface area (TPSA) is 49.7 Å². The summed E-state index contributed by atoms with van der Waals surface area (Å²) < 4.78 is 0.845. The average Bonchev–Trinajstić information content (AvgIpc) is 2.10. The maximum atomic E-state index is 10.5. The molecular formula is C5H6INO2S. The van der Waals surface area contributed by atoms with E-state index in [1.54, 1.807) is 0 Å². The second-order valence-electron chi connectivity index (χ2n) is 2.00. The lowest BCUT2D eigenvalue weighted by Gasteiger charge is -2.04. The number of thioether (sulfide) groups is 1. The Labute approximate surface area is 76.4 Å². The molecule has 1 aliphatic rings. The van der Waals surface area contributed by atoms with Gasteiger partial charge in [-0.1, -0.05) is 11.8 Å². The van der Waals surface area contributed by atoms with Gasteiger partial charge in [-0.3, -0.25) is 9.79 Å². The minimum atomic E-state index is -0.770. The van der Waals surface area contributed by atoms with Gasteiger partial charge in [-0.2, -0.15) is 0 Å². The number of nitrogens with zero attached hydrogens (tertiary/aromatic N) is 1. The van der Waals surface area contributed by atoms with E-state index in [4.69, 9.17) is 5.11 Å². The Balaban J connectivity index is 2.63. The van der Waals surface area contributed by atoms with Gasteiger partial charge in [-0.25, -0.2) is 0 Å². The second kappa shape index (κ2) is 3.08. The van der Waals surface area contributed by atoms with E-state index in [0.717, 1.165) is 3.05 Å². The zero-order valence-electron chi connectivity index (χ0n) is 5.24. The van der Waals surface area contributed by atoms with Gasteiger partial charge in [0, 0.05) is 0 Å². The van der Waals surface area contributed by atoms with Crippen LogP contribution in [0.2, 0.25) is 0 Å². The molecule has 0 radical (unpaired) electrons. The molecule has 0 aromatic rings. The van der Waals surface area contributed by atoms with Crippen LogP contribution in [0.5, 0.6) is 0 Å².